The molecule has 1 rings (SSSR count). The van der Waals surface area contributed by atoms with Crippen molar-refractivity contribution in [3.63, 3.8) is 0 Å². The minimum absolute atomic E-state index is 0.0121. The Balaban J connectivity index is 3.08. The van der Waals surface area contributed by atoms with Crippen LogP contribution in [0.25, 0.3) is 0 Å². The molecule has 0 radical (unpaired) electrons. The number of halogens is 1. The molecule has 1 aromatic rings. The van der Waals surface area contributed by atoms with Crippen molar-refractivity contribution in [1.29, 1.82) is 0 Å². The molecule has 1 atom stereocenters. The van der Waals surface area contributed by atoms with Crippen molar-refractivity contribution in [2.75, 3.05) is 20.2 Å². The second-order valence-electron chi connectivity index (χ2n) is 7.89. The molecule has 0 aromatic heterocycles. The van der Waals surface area contributed by atoms with E-state index in [1.807, 2.05) is 18.2 Å². The Morgan fingerprint density at radius 2 is 1.78 bits per heavy atom. The van der Waals surface area contributed by atoms with Crippen LogP contribution in [-0.2, 0) is 4.43 Å². The first-order chi connectivity index (χ1) is 12.7. The summed E-state index contributed by atoms with van der Waals surface area (Å²) in [4.78, 5) is 0. The van der Waals surface area contributed by atoms with Gasteiger partial charge in [-0.05, 0) is 51.0 Å². The molecule has 0 fully saturated rings. The van der Waals surface area contributed by atoms with Gasteiger partial charge in [0.15, 0.2) is 8.32 Å². The highest BCUT2D eigenvalue weighted by atomic mass is 35.5. The van der Waals surface area contributed by atoms with Crippen molar-refractivity contribution < 1.29 is 9.16 Å². The first-order valence-corrected chi connectivity index (χ1v) is 12.8. The average Bonchev–Trinajstić information content (AvgIpc) is 2.63. The second-order valence-corrected chi connectivity index (χ2v) is 13.0. The first-order valence-electron chi connectivity index (χ1n) is 9.92. The highest BCUT2D eigenvalue weighted by molar-refractivity contribution is 6.73. The van der Waals surface area contributed by atoms with Crippen LogP contribution < -0.4 is 10.1 Å². The summed E-state index contributed by atoms with van der Waals surface area (Å²) in [5.74, 6) is 7.25. The fourth-order valence-corrected chi connectivity index (χ4v) is 6.18. The van der Waals surface area contributed by atoms with Crippen LogP contribution in [0.2, 0.25) is 23.2 Å². The van der Waals surface area contributed by atoms with E-state index in [0.717, 1.165) is 29.4 Å². The Morgan fingerprint density at radius 3 is 2.30 bits per heavy atom. The van der Waals surface area contributed by atoms with Gasteiger partial charge in [0.1, 0.15) is 5.75 Å². The SMILES string of the molecule is CC[Si](CC)(CC)OC(CNCC#CC(C)(C)C)c1c(Cl)cccc1OC. The maximum absolute atomic E-state index is 6.81. The molecule has 0 amide bonds. The summed E-state index contributed by atoms with van der Waals surface area (Å²) in [6, 6.07) is 9.04. The summed E-state index contributed by atoms with van der Waals surface area (Å²) < 4.78 is 12.4. The number of methoxy groups -OCH3 is 1. The van der Waals surface area contributed by atoms with Crippen molar-refractivity contribution in [3.05, 3.63) is 28.8 Å². The molecule has 0 saturated heterocycles. The Kier molecular flexibility index (Phi) is 9.90. The van der Waals surface area contributed by atoms with Crippen LogP contribution >= 0.6 is 11.6 Å². The van der Waals surface area contributed by atoms with Crippen LogP contribution in [-0.4, -0.2) is 28.5 Å². The third kappa shape index (κ3) is 7.50. The van der Waals surface area contributed by atoms with Crippen LogP contribution in [0.3, 0.4) is 0 Å². The van der Waals surface area contributed by atoms with Crippen LogP contribution in [0, 0.1) is 17.3 Å². The van der Waals surface area contributed by atoms with E-state index in [1.54, 1.807) is 7.11 Å². The van der Waals surface area contributed by atoms with Gasteiger partial charge in [-0.1, -0.05) is 50.3 Å². The molecule has 0 aliphatic carbocycles. The van der Waals surface area contributed by atoms with E-state index in [4.69, 9.17) is 20.8 Å². The van der Waals surface area contributed by atoms with Gasteiger partial charge in [0.2, 0.25) is 0 Å². The number of hydrogen-bond acceptors (Lipinski definition) is 3. The topological polar surface area (TPSA) is 30.5 Å². The largest absolute Gasteiger partial charge is 0.496 e. The zero-order valence-electron chi connectivity index (χ0n) is 18.0. The van der Waals surface area contributed by atoms with Crippen molar-refractivity contribution in [3.8, 4) is 17.6 Å². The lowest BCUT2D eigenvalue weighted by Crippen LogP contribution is -2.40. The van der Waals surface area contributed by atoms with E-state index >= 15 is 0 Å². The molecule has 1 unspecified atom stereocenters. The summed E-state index contributed by atoms with van der Waals surface area (Å²) in [7, 11) is -0.131. The van der Waals surface area contributed by atoms with Crippen molar-refractivity contribution in [1.82, 2.24) is 5.32 Å². The fraction of sp³-hybridized carbons (Fsp3) is 0.636. The average molecular weight is 410 g/mol. The predicted octanol–water partition coefficient (Wildman–Crippen LogP) is 6.05. The zero-order chi connectivity index (χ0) is 20.5. The molecule has 0 heterocycles. The molecule has 0 aliphatic rings. The lowest BCUT2D eigenvalue weighted by molar-refractivity contribution is 0.183. The lowest BCUT2D eigenvalue weighted by atomic mass is 9.98. The fourth-order valence-electron chi connectivity index (χ4n) is 3.09. The summed E-state index contributed by atoms with van der Waals surface area (Å²) in [5.41, 5.74) is 0.947. The Labute approximate surface area is 172 Å². The third-order valence-corrected chi connectivity index (χ3v) is 9.87. The van der Waals surface area contributed by atoms with Crippen molar-refractivity contribution in [2.24, 2.45) is 5.41 Å². The molecular formula is C22H36ClNO2Si. The molecule has 152 valence electrons. The minimum Gasteiger partial charge on any atom is -0.496 e. The van der Waals surface area contributed by atoms with Gasteiger partial charge >= 0.3 is 0 Å². The van der Waals surface area contributed by atoms with Crippen molar-refractivity contribution in [2.45, 2.75) is 65.8 Å². The van der Waals surface area contributed by atoms with Gasteiger partial charge in [-0.2, -0.15) is 0 Å². The Morgan fingerprint density at radius 1 is 1.15 bits per heavy atom. The van der Waals surface area contributed by atoms with Gasteiger partial charge in [0, 0.05) is 17.5 Å². The van der Waals surface area contributed by atoms with Crippen molar-refractivity contribution >= 4 is 19.9 Å². The summed E-state index contributed by atoms with van der Waals surface area (Å²) in [6.07, 6.45) is -0.142. The maximum atomic E-state index is 6.81. The number of hydrogen-bond donors (Lipinski definition) is 1. The first kappa shape index (κ1) is 24.0. The van der Waals surface area contributed by atoms with Crippen LogP contribution in [0.1, 0.15) is 53.2 Å². The molecule has 3 nitrogen and oxygen atoms in total. The maximum Gasteiger partial charge on any atom is 0.192 e. The molecule has 5 heteroatoms. The molecular weight excluding hydrogens is 374 g/mol. The highest BCUT2D eigenvalue weighted by Gasteiger charge is 2.34. The van der Waals surface area contributed by atoms with Gasteiger partial charge < -0.3 is 14.5 Å². The molecule has 0 aliphatic heterocycles. The Bertz CT molecular complexity index is 634. The monoisotopic (exact) mass is 409 g/mol. The van der Waals surface area contributed by atoms with E-state index in [9.17, 15) is 0 Å². The molecule has 0 bridgehead atoms. The van der Waals surface area contributed by atoms with Gasteiger partial charge in [-0.3, -0.25) is 0 Å². The van der Waals surface area contributed by atoms with Crippen LogP contribution in [0.4, 0.5) is 0 Å². The summed E-state index contributed by atoms with van der Waals surface area (Å²) in [5, 5.41) is 4.13. The minimum atomic E-state index is -1.81. The normalized spacial score (nSPS) is 13.0. The molecule has 0 spiro atoms. The summed E-state index contributed by atoms with van der Waals surface area (Å²) in [6.45, 7) is 14.3. The van der Waals surface area contributed by atoms with E-state index in [1.165, 1.54) is 0 Å². The van der Waals surface area contributed by atoms with Gasteiger partial charge in [-0.25, -0.2) is 0 Å². The highest BCUT2D eigenvalue weighted by Crippen LogP contribution is 2.37. The molecule has 1 aromatic carbocycles. The molecule has 0 saturated carbocycles. The van der Waals surface area contributed by atoms with E-state index in [0.29, 0.717) is 18.1 Å². The number of ether oxygens (including phenoxy) is 1. The summed E-state index contributed by atoms with van der Waals surface area (Å²) >= 11 is 6.56. The van der Waals surface area contributed by atoms with E-state index in [2.05, 4.69) is 58.7 Å². The van der Waals surface area contributed by atoms with E-state index in [-0.39, 0.29) is 11.5 Å². The van der Waals surface area contributed by atoms with Gasteiger partial charge in [0.05, 0.1) is 24.8 Å². The molecule has 1 N–H and O–H groups in total. The van der Waals surface area contributed by atoms with Crippen LogP contribution in [0.5, 0.6) is 5.75 Å². The third-order valence-electron chi connectivity index (χ3n) is 4.89. The quantitative estimate of drug-likeness (QED) is 0.290. The number of rotatable bonds is 10. The van der Waals surface area contributed by atoms with Crippen LogP contribution in [0.15, 0.2) is 18.2 Å². The predicted molar refractivity (Wildman–Crippen MR) is 119 cm³/mol. The molecule has 27 heavy (non-hydrogen) atoms. The zero-order valence-corrected chi connectivity index (χ0v) is 19.8. The van der Waals surface area contributed by atoms with E-state index < -0.39 is 8.32 Å². The second kappa shape index (κ2) is 11.1. The standard InChI is InChI=1S/C22H36ClNO2Si/c1-8-27(9-2,10-3)26-20(17-24-16-12-15-22(4,5)6)21-18(23)13-11-14-19(21)25-7/h11,13-14,20,24H,8-10,16-17H2,1-7H3. The van der Waals surface area contributed by atoms with Gasteiger partial charge in [-0.15, -0.1) is 0 Å². The number of nitrogens with one attached hydrogen (secondary N) is 1. The lowest BCUT2D eigenvalue weighted by Gasteiger charge is -2.34. The Hall–Kier alpha value is -0.993. The number of benzene rings is 1. The smallest absolute Gasteiger partial charge is 0.192 e. The van der Waals surface area contributed by atoms with Gasteiger partial charge in [0.25, 0.3) is 0 Å².